The molecule has 0 aliphatic heterocycles. The summed E-state index contributed by atoms with van der Waals surface area (Å²) in [6.07, 6.45) is 4.28. The highest BCUT2D eigenvalue weighted by Crippen LogP contribution is 2.28. The number of carboxylic acid groups (broad SMARTS) is 1. The molecule has 0 aromatic carbocycles. The number of halogens is 1. The van der Waals surface area contributed by atoms with E-state index >= 15 is 0 Å². The van der Waals surface area contributed by atoms with E-state index in [4.69, 9.17) is 0 Å². The van der Waals surface area contributed by atoms with Crippen molar-refractivity contribution in [3.05, 3.63) is 29.8 Å². The number of aromatic nitrogens is 1. The van der Waals surface area contributed by atoms with Gasteiger partial charge in [-0.1, -0.05) is 13.3 Å². The first-order valence-corrected chi connectivity index (χ1v) is 5.31. The maximum atomic E-state index is 12.9. The molecule has 1 rings (SSSR count). The molecule has 1 heterocycles. The normalized spacial score (nSPS) is 14.4. The summed E-state index contributed by atoms with van der Waals surface area (Å²) in [7, 11) is 0. The third-order valence-electron chi connectivity index (χ3n) is 2.67. The molecule has 0 aliphatic carbocycles. The molecule has 1 aromatic rings. The fraction of sp³-hybridized carbons (Fsp3) is 0.500. The number of hydrogen-bond donors (Lipinski definition) is 1. The minimum atomic E-state index is -0.849. The van der Waals surface area contributed by atoms with Gasteiger partial charge in [0.2, 0.25) is 0 Å². The predicted octanol–water partition coefficient (Wildman–Crippen LogP) is 2.65. The molecule has 4 heteroatoms. The lowest BCUT2D eigenvalue weighted by molar-refractivity contribution is -0.148. The molecule has 1 aromatic heterocycles. The summed E-state index contributed by atoms with van der Waals surface area (Å²) in [6.45, 7) is 3.62. The Hall–Kier alpha value is -1.45. The summed E-state index contributed by atoms with van der Waals surface area (Å²) in [5.41, 5.74) is -0.220. The molecule has 1 N–H and O–H groups in total. The van der Waals surface area contributed by atoms with Gasteiger partial charge in [-0.3, -0.25) is 9.78 Å². The summed E-state index contributed by atoms with van der Waals surface area (Å²) in [4.78, 5) is 14.9. The number of rotatable bonds is 5. The van der Waals surface area contributed by atoms with E-state index in [-0.39, 0.29) is 0 Å². The lowest BCUT2D eigenvalue weighted by Crippen LogP contribution is -2.30. The smallest absolute Gasteiger partial charge is 0.309 e. The summed E-state index contributed by atoms with van der Waals surface area (Å²) >= 11 is 0. The SMILES string of the molecule is CCCC(C)(Cc1cncc(F)c1)C(=O)O. The van der Waals surface area contributed by atoms with Gasteiger partial charge in [0.1, 0.15) is 5.82 Å². The highest BCUT2D eigenvalue weighted by Gasteiger charge is 2.32. The topological polar surface area (TPSA) is 50.2 Å². The predicted molar refractivity (Wildman–Crippen MR) is 58.5 cm³/mol. The number of carbonyl (C=O) groups is 1. The van der Waals surface area contributed by atoms with Crippen LogP contribution in [0.3, 0.4) is 0 Å². The zero-order chi connectivity index (χ0) is 12.2. The van der Waals surface area contributed by atoms with Crippen LogP contribution in [0.5, 0.6) is 0 Å². The first kappa shape index (κ1) is 12.6. The third-order valence-corrected chi connectivity index (χ3v) is 2.67. The molecule has 88 valence electrons. The zero-order valence-electron chi connectivity index (χ0n) is 9.53. The molecule has 16 heavy (non-hydrogen) atoms. The van der Waals surface area contributed by atoms with Crippen LogP contribution in [0.4, 0.5) is 4.39 Å². The summed E-state index contributed by atoms with van der Waals surface area (Å²) in [5, 5.41) is 9.18. The van der Waals surface area contributed by atoms with Crippen LogP contribution >= 0.6 is 0 Å². The average molecular weight is 225 g/mol. The lowest BCUT2D eigenvalue weighted by atomic mass is 9.80. The third kappa shape index (κ3) is 3.02. The Balaban J connectivity index is 2.87. The van der Waals surface area contributed by atoms with E-state index in [0.717, 1.165) is 12.6 Å². The van der Waals surface area contributed by atoms with Gasteiger partial charge in [0, 0.05) is 6.20 Å². The Kier molecular flexibility index (Phi) is 3.99. The first-order valence-electron chi connectivity index (χ1n) is 5.31. The molecule has 0 bridgehead atoms. The number of pyridine rings is 1. The van der Waals surface area contributed by atoms with E-state index in [2.05, 4.69) is 4.98 Å². The van der Waals surface area contributed by atoms with Crippen LogP contribution in [0.1, 0.15) is 32.3 Å². The standard InChI is InChI=1S/C12H16FNO2/c1-3-4-12(2,11(15)16)6-9-5-10(13)8-14-7-9/h5,7-8H,3-4,6H2,1-2H3,(H,15,16). The molecule has 3 nitrogen and oxygen atoms in total. The van der Waals surface area contributed by atoms with Gasteiger partial charge in [-0.2, -0.15) is 0 Å². The number of aliphatic carboxylic acids is 1. The maximum Gasteiger partial charge on any atom is 0.309 e. The van der Waals surface area contributed by atoms with Gasteiger partial charge in [-0.25, -0.2) is 4.39 Å². The molecular formula is C12H16FNO2. The van der Waals surface area contributed by atoms with Crippen molar-refractivity contribution < 1.29 is 14.3 Å². The Morgan fingerprint density at radius 1 is 1.56 bits per heavy atom. The average Bonchev–Trinajstić information content (AvgIpc) is 2.17. The first-order chi connectivity index (χ1) is 7.48. The van der Waals surface area contributed by atoms with E-state index in [9.17, 15) is 14.3 Å². The van der Waals surface area contributed by atoms with Crippen molar-refractivity contribution in [1.29, 1.82) is 0 Å². The summed E-state index contributed by atoms with van der Waals surface area (Å²) < 4.78 is 12.9. The molecule has 1 unspecified atom stereocenters. The molecule has 0 radical (unpaired) electrons. The monoisotopic (exact) mass is 225 g/mol. The Morgan fingerprint density at radius 2 is 2.25 bits per heavy atom. The molecule has 0 saturated heterocycles. The molecule has 0 saturated carbocycles. The summed E-state index contributed by atoms with van der Waals surface area (Å²) in [5.74, 6) is -1.28. The molecule has 0 amide bonds. The van der Waals surface area contributed by atoms with Gasteiger partial charge < -0.3 is 5.11 Å². The molecular weight excluding hydrogens is 209 g/mol. The van der Waals surface area contributed by atoms with Crippen molar-refractivity contribution in [2.24, 2.45) is 5.41 Å². The molecule has 0 spiro atoms. The molecule has 0 fully saturated rings. The minimum Gasteiger partial charge on any atom is -0.481 e. The second kappa shape index (κ2) is 5.05. The fourth-order valence-corrected chi connectivity index (χ4v) is 1.83. The van der Waals surface area contributed by atoms with Gasteiger partial charge >= 0.3 is 5.97 Å². The highest BCUT2D eigenvalue weighted by molar-refractivity contribution is 5.74. The van der Waals surface area contributed by atoms with E-state index in [1.165, 1.54) is 12.3 Å². The fourth-order valence-electron chi connectivity index (χ4n) is 1.83. The van der Waals surface area contributed by atoms with Crippen molar-refractivity contribution in [2.75, 3.05) is 0 Å². The van der Waals surface area contributed by atoms with Crippen molar-refractivity contribution in [1.82, 2.24) is 4.98 Å². The molecule has 0 aliphatic rings. The van der Waals surface area contributed by atoms with Crippen LogP contribution < -0.4 is 0 Å². The van der Waals surface area contributed by atoms with Crippen LogP contribution in [-0.4, -0.2) is 16.1 Å². The van der Waals surface area contributed by atoms with Gasteiger partial charge in [-0.05, 0) is 31.4 Å². The Morgan fingerprint density at radius 3 is 2.75 bits per heavy atom. The Labute approximate surface area is 94.3 Å². The maximum absolute atomic E-state index is 12.9. The quantitative estimate of drug-likeness (QED) is 0.838. The van der Waals surface area contributed by atoms with Gasteiger partial charge in [-0.15, -0.1) is 0 Å². The van der Waals surface area contributed by atoms with Crippen LogP contribution in [0, 0.1) is 11.2 Å². The number of hydrogen-bond acceptors (Lipinski definition) is 2. The van der Waals surface area contributed by atoms with Crippen molar-refractivity contribution >= 4 is 5.97 Å². The second-order valence-electron chi connectivity index (χ2n) is 4.30. The Bertz CT molecular complexity index is 381. The van der Waals surface area contributed by atoms with E-state index in [1.54, 1.807) is 6.92 Å². The highest BCUT2D eigenvalue weighted by atomic mass is 19.1. The summed E-state index contributed by atoms with van der Waals surface area (Å²) in [6, 6.07) is 1.34. The van der Waals surface area contributed by atoms with Crippen LogP contribution in [0.25, 0.3) is 0 Å². The molecule has 1 atom stereocenters. The van der Waals surface area contributed by atoms with Gasteiger partial charge in [0.15, 0.2) is 0 Å². The number of carboxylic acids is 1. The number of nitrogens with zero attached hydrogens (tertiary/aromatic N) is 1. The minimum absolute atomic E-state index is 0.306. The van der Waals surface area contributed by atoms with Gasteiger partial charge in [0.05, 0.1) is 11.6 Å². The van der Waals surface area contributed by atoms with Crippen molar-refractivity contribution in [3.63, 3.8) is 0 Å². The van der Waals surface area contributed by atoms with Crippen LogP contribution in [-0.2, 0) is 11.2 Å². The lowest BCUT2D eigenvalue weighted by Gasteiger charge is -2.24. The largest absolute Gasteiger partial charge is 0.481 e. The van der Waals surface area contributed by atoms with Gasteiger partial charge in [0.25, 0.3) is 0 Å². The van der Waals surface area contributed by atoms with E-state index in [0.29, 0.717) is 18.4 Å². The van der Waals surface area contributed by atoms with Crippen LogP contribution in [0.2, 0.25) is 0 Å². The van der Waals surface area contributed by atoms with Crippen LogP contribution in [0.15, 0.2) is 18.5 Å². The zero-order valence-corrected chi connectivity index (χ0v) is 9.53. The van der Waals surface area contributed by atoms with E-state index < -0.39 is 17.2 Å². The van der Waals surface area contributed by atoms with Crippen molar-refractivity contribution in [2.45, 2.75) is 33.1 Å². The van der Waals surface area contributed by atoms with Crippen molar-refractivity contribution in [3.8, 4) is 0 Å². The second-order valence-corrected chi connectivity index (χ2v) is 4.30. The van der Waals surface area contributed by atoms with E-state index in [1.807, 2.05) is 6.92 Å².